The Morgan fingerprint density at radius 1 is 1.38 bits per heavy atom. The number of amides is 1. The molecular formula is C12H24N2O2. The molecule has 1 saturated carbocycles. The Balaban J connectivity index is 1.78. The fourth-order valence-corrected chi connectivity index (χ4v) is 1.27. The average Bonchev–Trinajstić information content (AvgIpc) is 2.99. The van der Waals surface area contributed by atoms with Crippen LogP contribution in [0, 0.1) is 5.92 Å². The third-order valence-electron chi connectivity index (χ3n) is 2.49. The predicted molar refractivity (Wildman–Crippen MR) is 64.3 cm³/mol. The first kappa shape index (κ1) is 13.5. The first-order chi connectivity index (χ1) is 7.68. The van der Waals surface area contributed by atoms with Crippen molar-refractivity contribution in [1.29, 1.82) is 0 Å². The zero-order chi connectivity index (χ0) is 11.8. The molecule has 0 aromatic carbocycles. The molecule has 1 amide bonds. The van der Waals surface area contributed by atoms with Gasteiger partial charge in [0, 0.05) is 19.2 Å². The summed E-state index contributed by atoms with van der Waals surface area (Å²) in [5, 5.41) is 6.00. The normalized spacial score (nSPS) is 15.4. The van der Waals surface area contributed by atoms with E-state index in [2.05, 4.69) is 24.5 Å². The smallest absolute Gasteiger partial charge is 0.234 e. The van der Waals surface area contributed by atoms with Crippen molar-refractivity contribution >= 4 is 5.91 Å². The van der Waals surface area contributed by atoms with Gasteiger partial charge in [-0.15, -0.1) is 0 Å². The lowest BCUT2D eigenvalue weighted by Crippen LogP contribution is -2.36. The van der Waals surface area contributed by atoms with E-state index in [4.69, 9.17) is 4.74 Å². The van der Waals surface area contributed by atoms with E-state index in [1.807, 2.05) is 0 Å². The average molecular weight is 228 g/mol. The summed E-state index contributed by atoms with van der Waals surface area (Å²) in [6.07, 6.45) is 3.39. The zero-order valence-corrected chi connectivity index (χ0v) is 10.4. The third-order valence-corrected chi connectivity index (χ3v) is 2.49. The summed E-state index contributed by atoms with van der Waals surface area (Å²) >= 11 is 0. The number of hydrogen-bond donors (Lipinski definition) is 2. The van der Waals surface area contributed by atoms with Gasteiger partial charge >= 0.3 is 0 Å². The molecule has 2 N–H and O–H groups in total. The van der Waals surface area contributed by atoms with E-state index in [-0.39, 0.29) is 5.91 Å². The lowest BCUT2D eigenvalue weighted by molar-refractivity contribution is -0.120. The molecule has 0 heterocycles. The third kappa shape index (κ3) is 7.65. The molecule has 1 fully saturated rings. The Hall–Kier alpha value is -0.610. The Kier molecular flexibility index (Phi) is 6.42. The van der Waals surface area contributed by atoms with E-state index in [0.29, 0.717) is 25.1 Å². The van der Waals surface area contributed by atoms with Gasteiger partial charge in [-0.2, -0.15) is 0 Å². The highest BCUT2D eigenvalue weighted by atomic mass is 16.5. The van der Waals surface area contributed by atoms with Crippen molar-refractivity contribution in [3.05, 3.63) is 0 Å². The van der Waals surface area contributed by atoms with Crippen molar-refractivity contribution in [2.75, 3.05) is 26.3 Å². The quantitative estimate of drug-likeness (QED) is 0.577. The van der Waals surface area contributed by atoms with Crippen molar-refractivity contribution in [2.24, 2.45) is 5.92 Å². The van der Waals surface area contributed by atoms with Crippen LogP contribution in [0.3, 0.4) is 0 Å². The minimum Gasteiger partial charge on any atom is -0.380 e. The summed E-state index contributed by atoms with van der Waals surface area (Å²) in [5.74, 6) is 0.793. The highest BCUT2D eigenvalue weighted by Crippen LogP contribution is 2.18. The monoisotopic (exact) mass is 228 g/mol. The molecule has 4 heteroatoms. The van der Waals surface area contributed by atoms with E-state index in [1.165, 1.54) is 0 Å². The maximum atomic E-state index is 11.3. The molecule has 0 spiro atoms. The molecule has 1 rings (SSSR count). The van der Waals surface area contributed by atoms with Crippen molar-refractivity contribution in [3.63, 3.8) is 0 Å². The van der Waals surface area contributed by atoms with Gasteiger partial charge in [0.1, 0.15) is 0 Å². The number of carbonyl (C=O) groups is 1. The van der Waals surface area contributed by atoms with Gasteiger partial charge in [-0.05, 0) is 25.2 Å². The molecule has 0 saturated heterocycles. The molecule has 0 aromatic rings. The molecular weight excluding hydrogens is 204 g/mol. The molecule has 16 heavy (non-hydrogen) atoms. The minimum atomic E-state index is 0.102. The van der Waals surface area contributed by atoms with E-state index in [1.54, 1.807) is 0 Å². The van der Waals surface area contributed by atoms with Crippen LogP contribution in [0.5, 0.6) is 0 Å². The Labute approximate surface area is 98.1 Å². The molecule has 1 aliphatic rings. The number of hydrogen-bond acceptors (Lipinski definition) is 3. The van der Waals surface area contributed by atoms with E-state index in [9.17, 15) is 4.79 Å². The lowest BCUT2D eigenvalue weighted by Gasteiger charge is -2.07. The van der Waals surface area contributed by atoms with Crippen molar-refractivity contribution < 1.29 is 9.53 Å². The SMILES string of the molecule is CC(C)CCOCCNCC(=O)NC1CC1. The molecule has 4 nitrogen and oxygen atoms in total. The van der Waals surface area contributed by atoms with Gasteiger partial charge in [-0.1, -0.05) is 13.8 Å². The largest absolute Gasteiger partial charge is 0.380 e. The molecule has 94 valence electrons. The van der Waals surface area contributed by atoms with Crippen LogP contribution >= 0.6 is 0 Å². The van der Waals surface area contributed by atoms with Crippen molar-refractivity contribution in [1.82, 2.24) is 10.6 Å². The molecule has 0 radical (unpaired) electrons. The van der Waals surface area contributed by atoms with Crippen LogP contribution in [0.4, 0.5) is 0 Å². The summed E-state index contributed by atoms with van der Waals surface area (Å²) in [4.78, 5) is 11.3. The number of nitrogens with one attached hydrogen (secondary N) is 2. The summed E-state index contributed by atoms with van der Waals surface area (Å²) in [5.41, 5.74) is 0. The van der Waals surface area contributed by atoms with Crippen LogP contribution in [0.15, 0.2) is 0 Å². The maximum Gasteiger partial charge on any atom is 0.234 e. The minimum absolute atomic E-state index is 0.102. The van der Waals surface area contributed by atoms with Crippen LogP contribution in [-0.2, 0) is 9.53 Å². The van der Waals surface area contributed by atoms with Gasteiger partial charge in [-0.3, -0.25) is 4.79 Å². The van der Waals surface area contributed by atoms with Gasteiger partial charge in [0.25, 0.3) is 0 Å². The highest BCUT2D eigenvalue weighted by molar-refractivity contribution is 5.78. The van der Waals surface area contributed by atoms with Gasteiger partial charge in [0.2, 0.25) is 5.91 Å². The van der Waals surface area contributed by atoms with Crippen LogP contribution in [0.2, 0.25) is 0 Å². The zero-order valence-electron chi connectivity index (χ0n) is 10.4. The fraction of sp³-hybridized carbons (Fsp3) is 0.917. The number of rotatable bonds is 9. The Bertz CT molecular complexity index is 203. The Morgan fingerprint density at radius 3 is 2.75 bits per heavy atom. The van der Waals surface area contributed by atoms with E-state index < -0.39 is 0 Å². The number of carbonyl (C=O) groups excluding carboxylic acids is 1. The predicted octanol–water partition coefficient (Wildman–Crippen LogP) is 0.917. The van der Waals surface area contributed by atoms with Crippen LogP contribution < -0.4 is 10.6 Å². The molecule has 0 aliphatic heterocycles. The first-order valence-electron chi connectivity index (χ1n) is 6.26. The molecule has 0 bridgehead atoms. The van der Waals surface area contributed by atoms with Gasteiger partial charge in [0.05, 0.1) is 13.2 Å². The van der Waals surface area contributed by atoms with Gasteiger partial charge in [0.15, 0.2) is 0 Å². The van der Waals surface area contributed by atoms with Crippen molar-refractivity contribution in [2.45, 2.75) is 39.2 Å². The standard InChI is InChI=1S/C12H24N2O2/c1-10(2)5-7-16-8-6-13-9-12(15)14-11-3-4-11/h10-11,13H,3-9H2,1-2H3,(H,14,15). The molecule has 0 unspecified atom stereocenters. The van der Waals surface area contributed by atoms with Gasteiger partial charge < -0.3 is 15.4 Å². The van der Waals surface area contributed by atoms with Crippen LogP contribution in [-0.4, -0.2) is 38.3 Å². The first-order valence-corrected chi connectivity index (χ1v) is 6.26. The molecule has 1 aliphatic carbocycles. The summed E-state index contributed by atoms with van der Waals surface area (Å²) in [6, 6.07) is 0.455. The fourth-order valence-electron chi connectivity index (χ4n) is 1.27. The van der Waals surface area contributed by atoms with E-state index in [0.717, 1.165) is 32.4 Å². The summed E-state index contributed by atoms with van der Waals surface area (Å²) in [6.45, 7) is 7.02. The Morgan fingerprint density at radius 2 is 2.12 bits per heavy atom. The maximum absolute atomic E-state index is 11.3. The van der Waals surface area contributed by atoms with Crippen LogP contribution in [0.1, 0.15) is 33.1 Å². The second-order valence-corrected chi connectivity index (χ2v) is 4.81. The highest BCUT2D eigenvalue weighted by Gasteiger charge is 2.22. The van der Waals surface area contributed by atoms with E-state index >= 15 is 0 Å². The molecule has 0 aromatic heterocycles. The summed E-state index contributed by atoms with van der Waals surface area (Å²) in [7, 11) is 0. The second kappa shape index (κ2) is 7.63. The lowest BCUT2D eigenvalue weighted by atomic mass is 10.1. The molecule has 0 atom stereocenters. The van der Waals surface area contributed by atoms with Gasteiger partial charge in [-0.25, -0.2) is 0 Å². The number of ether oxygens (including phenoxy) is 1. The second-order valence-electron chi connectivity index (χ2n) is 4.81. The topological polar surface area (TPSA) is 50.4 Å². The van der Waals surface area contributed by atoms with Crippen LogP contribution in [0.25, 0.3) is 0 Å². The van der Waals surface area contributed by atoms with Crippen molar-refractivity contribution in [3.8, 4) is 0 Å². The summed E-state index contributed by atoms with van der Waals surface area (Å²) < 4.78 is 5.43.